The normalized spacial score (nSPS) is 20.3. The molecule has 1 fully saturated rings. The number of carbonyl (C=O) groups excluding carboxylic acids is 1. The zero-order valence-electron chi connectivity index (χ0n) is 8.59. The van der Waals surface area contributed by atoms with E-state index in [2.05, 4.69) is 9.97 Å². The van der Waals surface area contributed by atoms with Gasteiger partial charge in [-0.25, -0.2) is 9.97 Å². The van der Waals surface area contributed by atoms with Gasteiger partial charge in [0.05, 0.1) is 13.0 Å². The molecule has 1 saturated heterocycles. The Morgan fingerprint density at radius 3 is 2.93 bits per heavy atom. The van der Waals surface area contributed by atoms with E-state index < -0.39 is 0 Å². The summed E-state index contributed by atoms with van der Waals surface area (Å²) in [6.07, 6.45) is 4.21. The van der Waals surface area contributed by atoms with Crippen molar-refractivity contribution >= 4 is 11.9 Å². The highest BCUT2D eigenvalue weighted by molar-refractivity contribution is 5.73. The number of anilines is 1. The molecule has 0 aromatic carbocycles. The summed E-state index contributed by atoms with van der Waals surface area (Å²) in [4.78, 5) is 21.6. The Kier molecular flexibility index (Phi) is 2.80. The minimum absolute atomic E-state index is 0.0428. The number of aromatic nitrogens is 2. The zero-order valence-corrected chi connectivity index (χ0v) is 8.59. The summed E-state index contributed by atoms with van der Waals surface area (Å²) in [7, 11) is 1.42. The number of esters is 1. The lowest BCUT2D eigenvalue weighted by Crippen LogP contribution is -2.24. The molecule has 0 saturated carbocycles. The molecule has 1 atom stereocenters. The van der Waals surface area contributed by atoms with Crippen LogP contribution >= 0.6 is 0 Å². The van der Waals surface area contributed by atoms with Crippen molar-refractivity contribution in [1.82, 2.24) is 9.97 Å². The van der Waals surface area contributed by atoms with Gasteiger partial charge >= 0.3 is 5.97 Å². The summed E-state index contributed by atoms with van der Waals surface area (Å²) < 4.78 is 4.71. The largest absolute Gasteiger partial charge is 0.469 e. The second-order valence-electron chi connectivity index (χ2n) is 3.50. The summed E-state index contributed by atoms with van der Waals surface area (Å²) in [5.74, 6) is 0.496. The highest BCUT2D eigenvalue weighted by atomic mass is 16.5. The van der Waals surface area contributed by atoms with E-state index in [0.29, 0.717) is 12.5 Å². The number of methoxy groups -OCH3 is 1. The van der Waals surface area contributed by atoms with Gasteiger partial charge in [0, 0.05) is 25.5 Å². The summed E-state index contributed by atoms with van der Waals surface area (Å²) in [6.45, 7) is 1.46. The standard InChI is InChI=1S/C10H13N3O2/c1-15-9(14)8-3-6-13(7-8)10-11-4-2-5-12-10/h2,4-5,8H,3,6-7H2,1H3. The zero-order chi connectivity index (χ0) is 10.7. The van der Waals surface area contributed by atoms with Gasteiger partial charge in [0.1, 0.15) is 0 Å². The second kappa shape index (κ2) is 4.25. The van der Waals surface area contributed by atoms with Crippen LogP contribution in [0.25, 0.3) is 0 Å². The Bertz CT molecular complexity index is 342. The van der Waals surface area contributed by atoms with Gasteiger partial charge < -0.3 is 9.64 Å². The Morgan fingerprint density at radius 2 is 2.27 bits per heavy atom. The van der Waals surface area contributed by atoms with E-state index in [4.69, 9.17) is 4.74 Å². The van der Waals surface area contributed by atoms with E-state index in [1.54, 1.807) is 18.5 Å². The van der Waals surface area contributed by atoms with Crippen molar-refractivity contribution in [2.45, 2.75) is 6.42 Å². The molecular weight excluding hydrogens is 194 g/mol. The second-order valence-corrected chi connectivity index (χ2v) is 3.50. The Morgan fingerprint density at radius 1 is 1.53 bits per heavy atom. The molecule has 1 unspecified atom stereocenters. The molecule has 0 radical (unpaired) electrons. The van der Waals surface area contributed by atoms with Crippen LogP contribution in [0.4, 0.5) is 5.95 Å². The van der Waals surface area contributed by atoms with Gasteiger partial charge in [0.15, 0.2) is 0 Å². The minimum Gasteiger partial charge on any atom is -0.469 e. The van der Waals surface area contributed by atoms with E-state index in [1.165, 1.54) is 7.11 Å². The molecule has 80 valence electrons. The summed E-state index contributed by atoms with van der Waals surface area (Å²) >= 11 is 0. The average molecular weight is 207 g/mol. The van der Waals surface area contributed by atoms with E-state index in [0.717, 1.165) is 13.0 Å². The smallest absolute Gasteiger partial charge is 0.310 e. The maximum absolute atomic E-state index is 11.3. The first kappa shape index (κ1) is 9.89. The molecule has 2 rings (SSSR count). The maximum Gasteiger partial charge on any atom is 0.310 e. The molecule has 0 amide bonds. The highest BCUT2D eigenvalue weighted by Crippen LogP contribution is 2.20. The molecule has 2 heterocycles. The van der Waals surface area contributed by atoms with Crippen molar-refractivity contribution in [3.63, 3.8) is 0 Å². The van der Waals surface area contributed by atoms with E-state index in [9.17, 15) is 4.79 Å². The molecule has 0 spiro atoms. The molecule has 5 nitrogen and oxygen atoms in total. The summed E-state index contributed by atoms with van der Waals surface area (Å²) in [5.41, 5.74) is 0. The minimum atomic E-state index is -0.145. The predicted molar refractivity (Wildman–Crippen MR) is 54.4 cm³/mol. The Balaban J connectivity index is 2.02. The van der Waals surface area contributed by atoms with E-state index in [-0.39, 0.29) is 11.9 Å². The van der Waals surface area contributed by atoms with Crippen LogP contribution < -0.4 is 4.90 Å². The maximum atomic E-state index is 11.3. The molecule has 5 heteroatoms. The van der Waals surface area contributed by atoms with Crippen molar-refractivity contribution in [3.8, 4) is 0 Å². The van der Waals surface area contributed by atoms with Gasteiger partial charge in [0.25, 0.3) is 0 Å². The molecule has 1 aliphatic rings. The lowest BCUT2D eigenvalue weighted by Gasteiger charge is -2.14. The van der Waals surface area contributed by atoms with Gasteiger partial charge in [-0.3, -0.25) is 4.79 Å². The van der Waals surface area contributed by atoms with Crippen LogP contribution in [-0.2, 0) is 9.53 Å². The van der Waals surface area contributed by atoms with Crippen LogP contribution in [0.1, 0.15) is 6.42 Å². The fourth-order valence-corrected chi connectivity index (χ4v) is 1.76. The number of nitrogens with zero attached hydrogens (tertiary/aromatic N) is 3. The van der Waals surface area contributed by atoms with Crippen molar-refractivity contribution in [3.05, 3.63) is 18.5 Å². The fraction of sp³-hybridized carbons (Fsp3) is 0.500. The quantitative estimate of drug-likeness (QED) is 0.660. The van der Waals surface area contributed by atoms with Crippen LogP contribution in [0, 0.1) is 5.92 Å². The van der Waals surface area contributed by atoms with Gasteiger partial charge in [-0.2, -0.15) is 0 Å². The molecule has 1 aromatic heterocycles. The number of rotatable bonds is 2. The van der Waals surface area contributed by atoms with Crippen LogP contribution in [0.15, 0.2) is 18.5 Å². The van der Waals surface area contributed by atoms with Crippen LogP contribution in [0.3, 0.4) is 0 Å². The van der Waals surface area contributed by atoms with Crippen LogP contribution in [0.2, 0.25) is 0 Å². The third-order valence-corrected chi connectivity index (χ3v) is 2.56. The molecule has 1 aliphatic heterocycles. The summed E-state index contributed by atoms with van der Waals surface area (Å²) in [6, 6.07) is 1.78. The number of hydrogen-bond donors (Lipinski definition) is 0. The molecular formula is C10H13N3O2. The van der Waals surface area contributed by atoms with Crippen molar-refractivity contribution in [2.75, 3.05) is 25.1 Å². The molecule has 0 bridgehead atoms. The van der Waals surface area contributed by atoms with E-state index >= 15 is 0 Å². The first-order valence-corrected chi connectivity index (χ1v) is 4.91. The lowest BCUT2D eigenvalue weighted by molar-refractivity contribution is -0.144. The van der Waals surface area contributed by atoms with Gasteiger partial charge in [-0.1, -0.05) is 0 Å². The average Bonchev–Trinajstić information content (AvgIpc) is 2.78. The number of hydrogen-bond acceptors (Lipinski definition) is 5. The van der Waals surface area contributed by atoms with Gasteiger partial charge in [-0.05, 0) is 12.5 Å². The van der Waals surface area contributed by atoms with Crippen LogP contribution in [0.5, 0.6) is 0 Å². The lowest BCUT2D eigenvalue weighted by atomic mass is 10.1. The monoisotopic (exact) mass is 207 g/mol. The fourth-order valence-electron chi connectivity index (χ4n) is 1.76. The SMILES string of the molecule is COC(=O)C1CCN(c2ncccn2)C1. The molecule has 0 N–H and O–H groups in total. The first-order chi connectivity index (χ1) is 7.31. The predicted octanol–water partition coefficient (Wildman–Crippen LogP) is 0.476. The third kappa shape index (κ3) is 2.06. The summed E-state index contributed by atoms with van der Waals surface area (Å²) in [5, 5.41) is 0. The Labute approximate surface area is 88.1 Å². The topological polar surface area (TPSA) is 55.3 Å². The van der Waals surface area contributed by atoms with E-state index in [1.807, 2.05) is 4.90 Å². The first-order valence-electron chi connectivity index (χ1n) is 4.91. The Hall–Kier alpha value is -1.65. The highest BCUT2D eigenvalue weighted by Gasteiger charge is 2.30. The molecule has 1 aromatic rings. The third-order valence-electron chi connectivity index (χ3n) is 2.56. The molecule has 0 aliphatic carbocycles. The number of ether oxygens (including phenoxy) is 1. The van der Waals surface area contributed by atoms with Crippen molar-refractivity contribution < 1.29 is 9.53 Å². The van der Waals surface area contributed by atoms with Crippen molar-refractivity contribution in [2.24, 2.45) is 5.92 Å². The van der Waals surface area contributed by atoms with Crippen molar-refractivity contribution in [1.29, 1.82) is 0 Å². The van der Waals surface area contributed by atoms with Gasteiger partial charge in [0.2, 0.25) is 5.95 Å². The van der Waals surface area contributed by atoms with Gasteiger partial charge in [-0.15, -0.1) is 0 Å². The number of carbonyl (C=O) groups is 1. The molecule has 15 heavy (non-hydrogen) atoms. The van der Waals surface area contributed by atoms with Crippen LogP contribution in [-0.4, -0.2) is 36.1 Å².